The van der Waals surface area contributed by atoms with Crippen molar-refractivity contribution in [3.63, 3.8) is 0 Å². The van der Waals surface area contributed by atoms with Gasteiger partial charge in [-0.3, -0.25) is 0 Å². The zero-order chi connectivity index (χ0) is 25.0. The Labute approximate surface area is 203 Å². The Kier molecular flexibility index (Phi) is 9.16. The number of rotatable bonds is 9. The van der Waals surface area contributed by atoms with Crippen LogP contribution in [0, 0.1) is 12.7 Å². The number of hydrogen-bond donors (Lipinski definition) is 2. The van der Waals surface area contributed by atoms with Crippen molar-refractivity contribution in [3.05, 3.63) is 58.4 Å². The molecular weight excluding hydrogens is 428 g/mol. The lowest BCUT2D eigenvalue weighted by atomic mass is 9.82. The van der Waals surface area contributed by atoms with E-state index in [9.17, 15) is 9.50 Å². The molecule has 0 fully saturated rings. The zero-order valence-corrected chi connectivity index (χ0v) is 23.2. The third kappa shape index (κ3) is 7.79. The summed E-state index contributed by atoms with van der Waals surface area (Å²) >= 11 is 0. The van der Waals surface area contributed by atoms with Gasteiger partial charge in [-0.05, 0) is 73.7 Å². The summed E-state index contributed by atoms with van der Waals surface area (Å²) in [6.45, 7) is 20.2. The number of nitrogens with one attached hydrogen (secondary N) is 1. The van der Waals surface area contributed by atoms with Crippen molar-refractivity contribution >= 4 is 13.9 Å². The highest BCUT2D eigenvalue weighted by atomic mass is 31.1. The predicted octanol–water partition coefficient (Wildman–Crippen LogP) is 7.82. The molecule has 0 spiro atoms. The molecule has 33 heavy (non-hydrogen) atoms. The summed E-state index contributed by atoms with van der Waals surface area (Å²) in [7, 11) is 0.432. The van der Waals surface area contributed by atoms with E-state index >= 15 is 0 Å². The number of phenols is 1. The van der Waals surface area contributed by atoms with Crippen molar-refractivity contribution in [2.45, 2.75) is 111 Å². The van der Waals surface area contributed by atoms with E-state index in [1.165, 1.54) is 17.3 Å². The van der Waals surface area contributed by atoms with Crippen molar-refractivity contribution in [1.29, 1.82) is 0 Å². The normalized spacial score (nSPS) is 14.7. The third-order valence-electron chi connectivity index (χ3n) is 6.33. The molecular formula is C29H45FNOP. The molecule has 2 atom stereocenters. The molecule has 2 nitrogen and oxygen atoms in total. The standard InChI is InChI=1S/C29H45FNOP/c1-10-11-12-15-29(9,24-18-22(27(3,4)5)16-20(2)26(24)32)33-25-14-13-23(30)17-21(25)19-31-28(6,7)8/h13-14,16-18,31-33H,10-12,15,19H2,1-9H3. The maximum Gasteiger partial charge on any atom is 0.123 e. The van der Waals surface area contributed by atoms with Gasteiger partial charge in [-0.1, -0.05) is 80.7 Å². The van der Waals surface area contributed by atoms with Crippen LogP contribution in [0.2, 0.25) is 0 Å². The van der Waals surface area contributed by atoms with Gasteiger partial charge in [0.2, 0.25) is 0 Å². The molecule has 184 valence electrons. The Bertz CT molecular complexity index is 942. The SMILES string of the molecule is CCCCCC(C)(Pc1ccc(F)cc1CNC(C)(C)C)c1cc(C(C)(C)C)cc(C)c1O. The number of aromatic hydroxyl groups is 1. The lowest BCUT2D eigenvalue weighted by molar-refractivity contribution is 0.424. The van der Waals surface area contributed by atoms with E-state index < -0.39 is 0 Å². The summed E-state index contributed by atoms with van der Waals surface area (Å²) in [6.07, 6.45) is 4.42. The fraction of sp³-hybridized carbons (Fsp3) is 0.586. The zero-order valence-electron chi connectivity index (χ0n) is 22.2. The minimum Gasteiger partial charge on any atom is -0.507 e. The maximum atomic E-state index is 14.2. The van der Waals surface area contributed by atoms with Gasteiger partial charge in [0.25, 0.3) is 0 Å². The average Bonchev–Trinajstić information content (AvgIpc) is 2.68. The summed E-state index contributed by atoms with van der Waals surface area (Å²) in [5, 5.41) is 15.7. The minimum atomic E-state index is -0.223. The second-order valence-electron chi connectivity index (χ2n) is 11.8. The third-order valence-corrected chi connectivity index (χ3v) is 8.16. The highest BCUT2D eigenvalue weighted by Crippen LogP contribution is 2.50. The van der Waals surface area contributed by atoms with Gasteiger partial charge in [-0.25, -0.2) is 4.39 Å². The number of unbranched alkanes of at least 4 members (excludes halogenated alkanes) is 2. The summed E-state index contributed by atoms with van der Waals surface area (Å²) < 4.78 is 14.2. The molecule has 2 rings (SSSR count). The Morgan fingerprint density at radius 2 is 1.64 bits per heavy atom. The van der Waals surface area contributed by atoms with Crippen LogP contribution in [0.4, 0.5) is 4.39 Å². The molecule has 0 aliphatic carbocycles. The van der Waals surface area contributed by atoms with Crippen molar-refractivity contribution < 1.29 is 9.50 Å². The molecule has 4 heteroatoms. The molecule has 0 saturated carbocycles. The van der Waals surface area contributed by atoms with Gasteiger partial charge in [0.05, 0.1) is 0 Å². The number of phenolic OH excluding ortho intramolecular Hbond substituents is 1. The first-order valence-electron chi connectivity index (χ1n) is 12.3. The molecule has 0 bridgehead atoms. The Hall–Kier alpha value is -1.44. The van der Waals surface area contributed by atoms with Crippen LogP contribution >= 0.6 is 8.58 Å². The lowest BCUT2D eigenvalue weighted by Crippen LogP contribution is -2.36. The van der Waals surface area contributed by atoms with Crippen LogP contribution in [0.5, 0.6) is 5.75 Å². The minimum absolute atomic E-state index is 0.00167. The Morgan fingerprint density at radius 1 is 0.970 bits per heavy atom. The molecule has 2 unspecified atom stereocenters. The first kappa shape index (κ1) is 27.8. The van der Waals surface area contributed by atoms with Gasteiger partial charge >= 0.3 is 0 Å². The highest BCUT2D eigenvalue weighted by molar-refractivity contribution is 7.48. The van der Waals surface area contributed by atoms with E-state index in [1.807, 2.05) is 13.0 Å². The van der Waals surface area contributed by atoms with Gasteiger partial charge in [-0.15, -0.1) is 0 Å². The summed E-state index contributed by atoms with van der Waals surface area (Å²) in [5.74, 6) is 0.210. The van der Waals surface area contributed by atoms with Gasteiger partial charge in [0, 0.05) is 22.8 Å². The summed E-state index contributed by atoms with van der Waals surface area (Å²) in [5.41, 5.74) is 4.16. The van der Waals surface area contributed by atoms with Crippen LogP contribution in [-0.4, -0.2) is 10.6 Å². The van der Waals surface area contributed by atoms with E-state index in [1.54, 1.807) is 12.1 Å². The molecule has 2 aromatic rings. The van der Waals surface area contributed by atoms with E-state index in [4.69, 9.17) is 0 Å². The van der Waals surface area contributed by atoms with Crippen LogP contribution in [0.15, 0.2) is 30.3 Å². The van der Waals surface area contributed by atoms with Crippen LogP contribution in [0.1, 0.15) is 103 Å². The quantitative estimate of drug-likeness (QED) is 0.287. The van der Waals surface area contributed by atoms with Gasteiger partial charge in [-0.2, -0.15) is 0 Å². The number of aryl methyl sites for hydroxylation is 1. The molecule has 0 aliphatic heterocycles. The Balaban J connectivity index is 2.57. The van der Waals surface area contributed by atoms with Gasteiger partial charge in [0.1, 0.15) is 11.6 Å². The van der Waals surface area contributed by atoms with E-state index in [0.717, 1.165) is 36.0 Å². The van der Waals surface area contributed by atoms with E-state index in [0.29, 0.717) is 20.9 Å². The predicted molar refractivity (Wildman–Crippen MR) is 144 cm³/mol. The molecule has 0 saturated heterocycles. The summed E-state index contributed by atoms with van der Waals surface area (Å²) in [4.78, 5) is 0. The highest BCUT2D eigenvalue weighted by Gasteiger charge is 2.32. The first-order valence-corrected chi connectivity index (χ1v) is 13.3. The molecule has 0 aliphatic rings. The van der Waals surface area contributed by atoms with Crippen LogP contribution < -0.4 is 10.6 Å². The fourth-order valence-electron chi connectivity index (χ4n) is 4.11. The van der Waals surface area contributed by atoms with Crippen LogP contribution in [0.25, 0.3) is 0 Å². The number of hydrogen-bond acceptors (Lipinski definition) is 2. The van der Waals surface area contributed by atoms with Crippen molar-refractivity contribution in [2.75, 3.05) is 0 Å². The molecule has 2 aromatic carbocycles. The molecule has 0 aromatic heterocycles. The van der Waals surface area contributed by atoms with Crippen LogP contribution in [-0.2, 0) is 17.1 Å². The lowest BCUT2D eigenvalue weighted by Gasteiger charge is -2.34. The van der Waals surface area contributed by atoms with E-state index in [-0.39, 0.29) is 21.9 Å². The largest absolute Gasteiger partial charge is 0.507 e. The first-order chi connectivity index (χ1) is 15.2. The van der Waals surface area contributed by atoms with Crippen molar-refractivity contribution in [2.24, 2.45) is 0 Å². The van der Waals surface area contributed by atoms with Gasteiger partial charge in [0.15, 0.2) is 0 Å². The van der Waals surface area contributed by atoms with Crippen LogP contribution in [0.3, 0.4) is 0 Å². The van der Waals surface area contributed by atoms with Gasteiger partial charge < -0.3 is 10.4 Å². The van der Waals surface area contributed by atoms with Crippen molar-refractivity contribution in [1.82, 2.24) is 5.32 Å². The topological polar surface area (TPSA) is 32.3 Å². The second-order valence-corrected chi connectivity index (χ2v) is 13.7. The number of benzene rings is 2. The van der Waals surface area contributed by atoms with E-state index in [2.05, 4.69) is 72.8 Å². The molecule has 0 radical (unpaired) electrons. The monoisotopic (exact) mass is 473 g/mol. The molecule has 2 N–H and O–H groups in total. The number of halogens is 1. The maximum absolute atomic E-state index is 14.2. The molecule has 0 heterocycles. The second kappa shape index (κ2) is 10.9. The fourth-order valence-corrected chi connectivity index (χ4v) is 5.82. The summed E-state index contributed by atoms with van der Waals surface area (Å²) in [6, 6.07) is 9.53. The average molecular weight is 474 g/mol. The van der Waals surface area contributed by atoms with Crippen molar-refractivity contribution in [3.8, 4) is 5.75 Å². The molecule has 0 amide bonds. The smallest absolute Gasteiger partial charge is 0.123 e. The Morgan fingerprint density at radius 3 is 2.21 bits per heavy atom.